The van der Waals surface area contributed by atoms with E-state index < -0.39 is 5.41 Å². The lowest BCUT2D eigenvalue weighted by Crippen LogP contribution is -2.43. The Morgan fingerprint density at radius 2 is 1.92 bits per heavy atom. The predicted molar refractivity (Wildman–Crippen MR) is 104 cm³/mol. The molecule has 1 aliphatic rings. The number of H-pyrrole nitrogens is 1. The average molecular weight is 346 g/mol. The van der Waals surface area contributed by atoms with Crippen LogP contribution in [0, 0.1) is 0 Å². The summed E-state index contributed by atoms with van der Waals surface area (Å²) in [6, 6.07) is 18.3. The first kappa shape index (κ1) is 16.6. The van der Waals surface area contributed by atoms with Gasteiger partial charge in [0, 0.05) is 34.8 Å². The highest BCUT2D eigenvalue weighted by Crippen LogP contribution is 2.39. The molecule has 0 spiro atoms. The average Bonchev–Trinajstić information content (AvgIpc) is 2.94. The van der Waals surface area contributed by atoms with Crippen molar-refractivity contribution in [3.05, 3.63) is 71.4 Å². The summed E-state index contributed by atoms with van der Waals surface area (Å²) in [4.78, 5) is 21.3. The maximum Gasteiger partial charge on any atom is 0.318 e. The van der Waals surface area contributed by atoms with E-state index in [1.54, 1.807) is 0 Å². The fourth-order valence-corrected chi connectivity index (χ4v) is 3.95. The van der Waals surface area contributed by atoms with E-state index in [9.17, 15) is 4.79 Å². The van der Waals surface area contributed by atoms with Gasteiger partial charge in [0.2, 0.25) is 0 Å². The summed E-state index contributed by atoms with van der Waals surface area (Å²) >= 11 is 0. The van der Waals surface area contributed by atoms with Gasteiger partial charge >= 0.3 is 5.97 Å². The molecule has 0 aliphatic carbocycles. The molecular formula is C22H22N2O2. The van der Waals surface area contributed by atoms with Gasteiger partial charge in [-0.05, 0) is 25.0 Å². The molecule has 132 valence electrons. The zero-order valence-corrected chi connectivity index (χ0v) is 14.9. The minimum absolute atomic E-state index is 0.200. The van der Waals surface area contributed by atoms with Crippen molar-refractivity contribution in [2.75, 3.05) is 13.2 Å². The van der Waals surface area contributed by atoms with Crippen LogP contribution in [0.1, 0.15) is 23.7 Å². The molecule has 0 amide bonds. The van der Waals surface area contributed by atoms with Crippen molar-refractivity contribution in [3.63, 3.8) is 0 Å². The normalized spacial score (nSPS) is 19.1. The van der Waals surface area contributed by atoms with E-state index in [1.165, 1.54) is 0 Å². The molecule has 4 heteroatoms. The third-order valence-electron chi connectivity index (χ3n) is 5.06. The van der Waals surface area contributed by atoms with Gasteiger partial charge < -0.3 is 9.72 Å². The van der Waals surface area contributed by atoms with Crippen LogP contribution in [-0.2, 0) is 27.8 Å². The minimum atomic E-state index is -0.820. The summed E-state index contributed by atoms with van der Waals surface area (Å²) in [7, 11) is 0. The number of carbonyl (C=O) groups is 1. The van der Waals surface area contributed by atoms with Crippen molar-refractivity contribution in [2.24, 2.45) is 4.99 Å². The van der Waals surface area contributed by atoms with Gasteiger partial charge in [-0.2, -0.15) is 0 Å². The van der Waals surface area contributed by atoms with E-state index in [0.717, 1.165) is 27.7 Å². The molecule has 4 nitrogen and oxygen atoms in total. The van der Waals surface area contributed by atoms with Gasteiger partial charge in [0.15, 0.2) is 0 Å². The highest BCUT2D eigenvalue weighted by molar-refractivity contribution is 5.96. The zero-order chi connectivity index (χ0) is 18.0. The van der Waals surface area contributed by atoms with E-state index in [1.807, 2.05) is 43.5 Å². The molecule has 1 aromatic heterocycles. The van der Waals surface area contributed by atoms with Crippen LogP contribution >= 0.6 is 0 Å². The van der Waals surface area contributed by atoms with Crippen molar-refractivity contribution in [1.82, 2.24) is 4.98 Å². The van der Waals surface area contributed by atoms with Gasteiger partial charge in [-0.25, -0.2) is 0 Å². The number of para-hydroxylation sites is 1. The van der Waals surface area contributed by atoms with Crippen molar-refractivity contribution in [3.8, 4) is 0 Å². The Morgan fingerprint density at radius 1 is 1.15 bits per heavy atom. The van der Waals surface area contributed by atoms with Gasteiger partial charge in [-0.15, -0.1) is 0 Å². The molecular weight excluding hydrogens is 324 g/mol. The van der Waals surface area contributed by atoms with Crippen LogP contribution < -0.4 is 0 Å². The first-order chi connectivity index (χ1) is 12.7. The highest BCUT2D eigenvalue weighted by atomic mass is 16.5. The van der Waals surface area contributed by atoms with E-state index >= 15 is 0 Å². The largest absolute Gasteiger partial charge is 0.465 e. The number of aromatic amines is 1. The van der Waals surface area contributed by atoms with Gasteiger partial charge in [0.25, 0.3) is 0 Å². The molecule has 0 bridgehead atoms. The molecule has 0 radical (unpaired) electrons. The number of ether oxygens (including phenoxy) is 1. The maximum atomic E-state index is 13.3. The minimum Gasteiger partial charge on any atom is -0.465 e. The lowest BCUT2D eigenvalue weighted by atomic mass is 9.74. The van der Waals surface area contributed by atoms with E-state index in [0.29, 0.717) is 26.0 Å². The summed E-state index contributed by atoms with van der Waals surface area (Å²) in [5.41, 5.74) is 3.42. The van der Waals surface area contributed by atoms with Crippen LogP contribution in [0.25, 0.3) is 10.9 Å². The number of fused-ring (bicyclic) bond motifs is 3. The Labute approximate surface area is 152 Å². The molecule has 2 heterocycles. The Bertz CT molecular complexity index is 959. The predicted octanol–water partition coefficient (Wildman–Crippen LogP) is 3.84. The van der Waals surface area contributed by atoms with Crippen molar-refractivity contribution >= 4 is 23.1 Å². The summed E-state index contributed by atoms with van der Waals surface area (Å²) in [6.45, 7) is 2.61. The number of esters is 1. The first-order valence-corrected chi connectivity index (χ1v) is 9.04. The van der Waals surface area contributed by atoms with Crippen LogP contribution in [-0.4, -0.2) is 30.3 Å². The van der Waals surface area contributed by atoms with Gasteiger partial charge in [-0.1, -0.05) is 48.5 Å². The zero-order valence-electron chi connectivity index (χ0n) is 14.9. The maximum absolute atomic E-state index is 13.3. The highest BCUT2D eigenvalue weighted by Gasteiger charge is 2.45. The molecule has 1 unspecified atom stereocenters. The molecule has 26 heavy (non-hydrogen) atoms. The number of benzene rings is 2. The summed E-state index contributed by atoms with van der Waals surface area (Å²) in [6.07, 6.45) is 3.17. The lowest BCUT2D eigenvalue weighted by molar-refractivity contribution is -0.149. The number of aliphatic imine (C=N–C) groups is 1. The number of nitrogens with zero attached hydrogens (tertiary/aromatic N) is 1. The Kier molecular flexibility index (Phi) is 4.33. The topological polar surface area (TPSA) is 54.4 Å². The lowest BCUT2D eigenvalue weighted by Gasteiger charge is -2.30. The quantitative estimate of drug-likeness (QED) is 0.730. The second kappa shape index (κ2) is 6.79. The van der Waals surface area contributed by atoms with Crippen LogP contribution in [0.3, 0.4) is 0 Å². The van der Waals surface area contributed by atoms with E-state index in [4.69, 9.17) is 4.74 Å². The molecule has 1 N–H and O–H groups in total. The van der Waals surface area contributed by atoms with Crippen LogP contribution in [0.15, 0.2) is 59.6 Å². The second-order valence-corrected chi connectivity index (χ2v) is 6.72. The van der Waals surface area contributed by atoms with E-state index in [2.05, 4.69) is 34.2 Å². The second-order valence-electron chi connectivity index (χ2n) is 6.72. The fourth-order valence-electron chi connectivity index (χ4n) is 3.95. The van der Waals surface area contributed by atoms with E-state index in [-0.39, 0.29) is 5.97 Å². The Balaban J connectivity index is 1.96. The number of hydrogen-bond donors (Lipinski definition) is 1. The third-order valence-corrected chi connectivity index (χ3v) is 5.06. The molecule has 3 aromatic rings. The molecule has 1 aliphatic heterocycles. The third kappa shape index (κ3) is 2.71. The Hall–Kier alpha value is -2.88. The summed E-state index contributed by atoms with van der Waals surface area (Å²) in [5.74, 6) is -0.200. The first-order valence-electron chi connectivity index (χ1n) is 9.04. The molecule has 1 atom stereocenters. The summed E-state index contributed by atoms with van der Waals surface area (Å²) < 4.78 is 5.56. The van der Waals surface area contributed by atoms with Crippen LogP contribution in [0.2, 0.25) is 0 Å². The monoisotopic (exact) mass is 346 g/mol. The fraction of sp³-hybridized carbons (Fsp3) is 0.273. The molecule has 4 rings (SSSR count). The number of carbonyl (C=O) groups excluding carboxylic acids is 1. The van der Waals surface area contributed by atoms with Crippen molar-refractivity contribution in [2.45, 2.75) is 25.2 Å². The van der Waals surface area contributed by atoms with Gasteiger partial charge in [-0.3, -0.25) is 9.79 Å². The van der Waals surface area contributed by atoms with Gasteiger partial charge in [0.1, 0.15) is 5.41 Å². The number of hydrogen-bond acceptors (Lipinski definition) is 3. The van der Waals surface area contributed by atoms with Gasteiger partial charge in [0.05, 0.1) is 13.2 Å². The van der Waals surface area contributed by atoms with Crippen molar-refractivity contribution < 1.29 is 9.53 Å². The molecule has 0 saturated carbocycles. The Morgan fingerprint density at radius 3 is 2.73 bits per heavy atom. The smallest absolute Gasteiger partial charge is 0.318 e. The number of nitrogens with one attached hydrogen (secondary N) is 1. The number of rotatable bonds is 4. The van der Waals surface area contributed by atoms with Crippen LogP contribution in [0.5, 0.6) is 0 Å². The standard InChI is InChI=1S/C22H22N2O2/c1-2-26-21(25)22(14-16-8-4-3-5-9-16)15-23-13-12-19-20(22)17-10-6-7-11-18(17)24-19/h3-11,13,24H,2,12,14-15H2,1H3. The molecule has 0 saturated heterocycles. The molecule has 2 aromatic carbocycles. The van der Waals surface area contributed by atoms with Crippen molar-refractivity contribution in [1.29, 1.82) is 0 Å². The molecule has 0 fully saturated rings. The summed E-state index contributed by atoms with van der Waals surface area (Å²) in [5, 5.41) is 1.08. The number of aromatic nitrogens is 1. The van der Waals surface area contributed by atoms with Crippen LogP contribution in [0.4, 0.5) is 0 Å². The SMILES string of the molecule is CCOC(=O)C1(Cc2ccccc2)CN=CCc2[nH]c3ccccc3c21.